The van der Waals surface area contributed by atoms with Gasteiger partial charge in [0.05, 0.1) is 0 Å². The van der Waals surface area contributed by atoms with Gasteiger partial charge in [0.2, 0.25) is 11.8 Å². The fraction of sp³-hybridized carbons (Fsp3) is 0.800. The minimum Gasteiger partial charge on any atom is -0.356 e. The zero-order valence-electron chi connectivity index (χ0n) is 29.8. The average molecular weight is 615 g/mol. The number of hydrogen-bond donors (Lipinski definition) is 2. The molecule has 0 aromatic rings. The molecule has 0 heterocycles. The molecule has 0 saturated heterocycles. The summed E-state index contributed by atoms with van der Waals surface area (Å²) in [7, 11) is 0. The van der Waals surface area contributed by atoms with Gasteiger partial charge in [0.15, 0.2) is 0 Å². The molecule has 256 valence electrons. The molecule has 1 atom stereocenters. The molecule has 0 aliphatic carbocycles. The molecule has 0 aliphatic rings. The first-order chi connectivity index (χ1) is 21.5. The van der Waals surface area contributed by atoms with Crippen LogP contribution in [0, 0.1) is 5.92 Å². The van der Waals surface area contributed by atoms with Crippen molar-refractivity contribution < 1.29 is 9.59 Å². The summed E-state index contributed by atoms with van der Waals surface area (Å²) in [6.07, 6.45) is 42.3. The van der Waals surface area contributed by atoms with E-state index >= 15 is 0 Å². The first-order valence-corrected chi connectivity index (χ1v) is 19.0. The van der Waals surface area contributed by atoms with Gasteiger partial charge < -0.3 is 10.6 Å². The highest BCUT2D eigenvalue weighted by molar-refractivity contribution is 5.76. The van der Waals surface area contributed by atoms with Crippen molar-refractivity contribution in [2.24, 2.45) is 5.92 Å². The maximum absolute atomic E-state index is 12.5. The van der Waals surface area contributed by atoms with E-state index < -0.39 is 0 Å². The number of amides is 2. The molecule has 0 aromatic carbocycles. The SMILES string of the molecule is CC/C=C\C/C=C\C/C=C\CCCCCCCC(=O)NCCCC[C@H](NC(=O)CCCCCCCCCCCCC)C(C)C. The van der Waals surface area contributed by atoms with Gasteiger partial charge >= 0.3 is 0 Å². The van der Waals surface area contributed by atoms with Crippen molar-refractivity contribution in [2.45, 2.75) is 194 Å². The lowest BCUT2D eigenvalue weighted by Crippen LogP contribution is -2.38. The van der Waals surface area contributed by atoms with E-state index in [1.807, 2.05) is 0 Å². The Kier molecular flexibility index (Phi) is 32.6. The standard InChI is InChI=1S/C40H74N2O2/c1-5-7-9-11-13-15-17-18-19-20-22-23-25-27-29-34-39(43)41-36-32-31-33-38(37(3)4)42-40(44)35-30-28-26-24-21-16-14-12-10-8-6-2/h7,9,13,15,18-19,37-38H,5-6,8,10-12,14,16-17,20-36H2,1-4H3,(H,41,43)(H,42,44)/b9-7-,15-13-,19-18-/t38-/m0/s1. The summed E-state index contributed by atoms with van der Waals surface area (Å²) >= 11 is 0. The van der Waals surface area contributed by atoms with Crippen LogP contribution in [0.3, 0.4) is 0 Å². The lowest BCUT2D eigenvalue weighted by Gasteiger charge is -2.22. The third kappa shape index (κ3) is 31.6. The van der Waals surface area contributed by atoms with Gasteiger partial charge in [-0.3, -0.25) is 9.59 Å². The Hall–Kier alpha value is -1.84. The summed E-state index contributed by atoms with van der Waals surface area (Å²) in [5.74, 6) is 0.831. The Morgan fingerprint density at radius 2 is 1.05 bits per heavy atom. The van der Waals surface area contributed by atoms with E-state index in [9.17, 15) is 9.59 Å². The first-order valence-electron chi connectivity index (χ1n) is 19.0. The van der Waals surface area contributed by atoms with Gasteiger partial charge in [0.25, 0.3) is 0 Å². The number of unbranched alkanes of at least 4 members (excludes halogenated alkanes) is 16. The zero-order valence-corrected chi connectivity index (χ0v) is 29.8. The van der Waals surface area contributed by atoms with Crippen molar-refractivity contribution in [2.75, 3.05) is 6.54 Å². The smallest absolute Gasteiger partial charge is 0.220 e. The third-order valence-electron chi connectivity index (χ3n) is 8.48. The highest BCUT2D eigenvalue weighted by atomic mass is 16.2. The second-order valence-electron chi connectivity index (χ2n) is 13.1. The number of nitrogens with one attached hydrogen (secondary N) is 2. The molecule has 0 bridgehead atoms. The molecule has 0 saturated carbocycles. The van der Waals surface area contributed by atoms with Gasteiger partial charge in [-0.25, -0.2) is 0 Å². The molecular weight excluding hydrogens is 540 g/mol. The molecule has 2 amide bonds. The first kappa shape index (κ1) is 42.2. The van der Waals surface area contributed by atoms with E-state index in [1.54, 1.807) is 0 Å². The number of carbonyl (C=O) groups excluding carboxylic acids is 2. The van der Waals surface area contributed by atoms with Crippen molar-refractivity contribution in [3.63, 3.8) is 0 Å². The highest BCUT2D eigenvalue weighted by Gasteiger charge is 2.15. The van der Waals surface area contributed by atoms with Crippen LogP contribution in [-0.4, -0.2) is 24.4 Å². The summed E-state index contributed by atoms with van der Waals surface area (Å²) in [4.78, 5) is 24.7. The van der Waals surface area contributed by atoms with Gasteiger partial charge in [0, 0.05) is 25.4 Å². The molecule has 44 heavy (non-hydrogen) atoms. The summed E-state index contributed by atoms with van der Waals surface area (Å²) < 4.78 is 0. The molecule has 0 unspecified atom stereocenters. The van der Waals surface area contributed by atoms with Gasteiger partial charge in [-0.05, 0) is 70.1 Å². The van der Waals surface area contributed by atoms with Crippen molar-refractivity contribution in [3.8, 4) is 0 Å². The minimum atomic E-state index is 0.187. The number of carbonyl (C=O) groups is 2. The lowest BCUT2D eigenvalue weighted by molar-refractivity contribution is -0.122. The topological polar surface area (TPSA) is 58.2 Å². The molecule has 0 aliphatic heterocycles. The highest BCUT2D eigenvalue weighted by Crippen LogP contribution is 2.14. The van der Waals surface area contributed by atoms with Gasteiger partial charge in [-0.1, -0.05) is 148 Å². The van der Waals surface area contributed by atoms with Crippen LogP contribution in [0.4, 0.5) is 0 Å². The van der Waals surface area contributed by atoms with E-state index in [1.165, 1.54) is 83.5 Å². The maximum atomic E-state index is 12.5. The third-order valence-corrected chi connectivity index (χ3v) is 8.48. The molecule has 0 rings (SSSR count). The van der Waals surface area contributed by atoms with Crippen LogP contribution in [0.15, 0.2) is 36.5 Å². The largest absolute Gasteiger partial charge is 0.356 e. The normalized spacial score (nSPS) is 12.7. The van der Waals surface area contributed by atoms with Crippen LogP contribution >= 0.6 is 0 Å². The minimum absolute atomic E-state index is 0.187. The van der Waals surface area contributed by atoms with Gasteiger partial charge in [-0.2, -0.15) is 0 Å². The predicted molar refractivity (Wildman–Crippen MR) is 194 cm³/mol. The van der Waals surface area contributed by atoms with E-state index in [-0.39, 0.29) is 17.9 Å². The van der Waals surface area contributed by atoms with Crippen molar-refractivity contribution >= 4 is 11.8 Å². The van der Waals surface area contributed by atoms with Crippen molar-refractivity contribution in [1.82, 2.24) is 10.6 Å². The molecule has 2 N–H and O–H groups in total. The fourth-order valence-corrected chi connectivity index (χ4v) is 5.51. The van der Waals surface area contributed by atoms with Crippen LogP contribution < -0.4 is 10.6 Å². The summed E-state index contributed by atoms with van der Waals surface area (Å²) in [5, 5.41) is 6.38. The van der Waals surface area contributed by atoms with Crippen LogP contribution in [0.2, 0.25) is 0 Å². The molecule has 0 spiro atoms. The van der Waals surface area contributed by atoms with E-state index in [0.29, 0.717) is 18.8 Å². The quantitative estimate of drug-likeness (QED) is 0.0585. The Labute approximate surface area is 274 Å². The Balaban J connectivity index is 3.67. The number of allylic oxidation sites excluding steroid dienone is 6. The molecule has 4 heteroatoms. The summed E-state index contributed by atoms with van der Waals surface area (Å²) in [6, 6.07) is 0.233. The van der Waals surface area contributed by atoms with E-state index in [0.717, 1.165) is 70.8 Å². The van der Waals surface area contributed by atoms with Crippen LogP contribution in [-0.2, 0) is 9.59 Å². The van der Waals surface area contributed by atoms with E-state index in [4.69, 9.17) is 0 Å². The van der Waals surface area contributed by atoms with Crippen LogP contribution in [0.1, 0.15) is 188 Å². The summed E-state index contributed by atoms with van der Waals surface area (Å²) in [5.41, 5.74) is 0. The van der Waals surface area contributed by atoms with Crippen LogP contribution in [0.5, 0.6) is 0 Å². The number of rotatable bonds is 32. The lowest BCUT2D eigenvalue weighted by atomic mass is 9.98. The molecule has 0 fully saturated rings. The molecule has 4 nitrogen and oxygen atoms in total. The molecule has 0 radical (unpaired) electrons. The van der Waals surface area contributed by atoms with Gasteiger partial charge in [0.1, 0.15) is 0 Å². The van der Waals surface area contributed by atoms with Crippen molar-refractivity contribution in [3.05, 3.63) is 36.5 Å². The fourth-order valence-electron chi connectivity index (χ4n) is 5.51. The monoisotopic (exact) mass is 615 g/mol. The summed E-state index contributed by atoms with van der Waals surface area (Å²) in [6.45, 7) is 9.56. The predicted octanol–water partition coefficient (Wildman–Crippen LogP) is 11.7. The zero-order chi connectivity index (χ0) is 32.4. The second kappa shape index (κ2) is 34.0. The van der Waals surface area contributed by atoms with Crippen molar-refractivity contribution in [1.29, 1.82) is 0 Å². The number of hydrogen-bond acceptors (Lipinski definition) is 2. The second-order valence-corrected chi connectivity index (χ2v) is 13.1. The Morgan fingerprint density at radius 1 is 0.545 bits per heavy atom. The van der Waals surface area contributed by atoms with Crippen LogP contribution in [0.25, 0.3) is 0 Å². The molecular formula is C40H74N2O2. The van der Waals surface area contributed by atoms with Gasteiger partial charge in [-0.15, -0.1) is 0 Å². The maximum Gasteiger partial charge on any atom is 0.220 e. The Bertz CT molecular complexity index is 725. The average Bonchev–Trinajstić information content (AvgIpc) is 3.00. The van der Waals surface area contributed by atoms with E-state index in [2.05, 4.69) is 74.8 Å². The molecule has 0 aromatic heterocycles. The Morgan fingerprint density at radius 3 is 1.61 bits per heavy atom.